The molecule has 1 N–H and O–H groups in total. The van der Waals surface area contributed by atoms with Gasteiger partial charge in [0.25, 0.3) is 0 Å². The Morgan fingerprint density at radius 2 is 2.09 bits per heavy atom. The lowest BCUT2D eigenvalue weighted by Gasteiger charge is -2.11. The Morgan fingerprint density at radius 1 is 1.35 bits per heavy atom. The molecule has 0 fully saturated rings. The molecule has 0 aromatic carbocycles. The fraction of sp³-hybridized carbons (Fsp3) is 0.588. The average Bonchev–Trinajstić information content (AvgIpc) is 3.07. The van der Waals surface area contributed by atoms with E-state index in [0.717, 1.165) is 11.5 Å². The first-order valence-electron chi connectivity index (χ1n) is 7.94. The van der Waals surface area contributed by atoms with Crippen LogP contribution in [0.3, 0.4) is 0 Å². The second-order valence-corrected chi connectivity index (χ2v) is 6.85. The van der Waals surface area contributed by atoms with Gasteiger partial charge in [-0.1, -0.05) is 25.9 Å². The number of furan rings is 1. The van der Waals surface area contributed by atoms with Crippen molar-refractivity contribution in [2.75, 3.05) is 0 Å². The summed E-state index contributed by atoms with van der Waals surface area (Å²) in [5.41, 5.74) is -0.129. The number of nitrogens with zero attached hydrogens (tertiary/aromatic N) is 2. The maximum Gasteiger partial charge on any atom is 0.226 e. The third kappa shape index (κ3) is 4.94. The minimum Gasteiger partial charge on any atom is -0.464 e. The van der Waals surface area contributed by atoms with Crippen molar-refractivity contribution in [1.82, 2.24) is 15.5 Å². The van der Waals surface area contributed by atoms with Gasteiger partial charge in [0, 0.05) is 18.3 Å². The van der Waals surface area contributed by atoms with Crippen LogP contribution < -0.4 is 5.32 Å². The average molecular weight is 319 g/mol. The van der Waals surface area contributed by atoms with Gasteiger partial charge in [0.2, 0.25) is 11.8 Å². The van der Waals surface area contributed by atoms with Gasteiger partial charge in [-0.05, 0) is 32.4 Å². The first kappa shape index (κ1) is 17.2. The lowest BCUT2D eigenvalue weighted by molar-refractivity contribution is -0.121. The van der Waals surface area contributed by atoms with E-state index in [1.807, 2.05) is 46.8 Å². The van der Waals surface area contributed by atoms with Crippen LogP contribution in [-0.4, -0.2) is 16.0 Å². The quantitative estimate of drug-likeness (QED) is 0.881. The molecule has 2 heterocycles. The molecule has 6 nitrogen and oxygen atoms in total. The molecule has 2 aromatic heterocycles. The van der Waals surface area contributed by atoms with E-state index in [-0.39, 0.29) is 17.4 Å². The molecule has 0 aliphatic carbocycles. The largest absolute Gasteiger partial charge is 0.464 e. The molecule has 2 aromatic rings. The van der Waals surface area contributed by atoms with Crippen LogP contribution in [0.2, 0.25) is 0 Å². The van der Waals surface area contributed by atoms with Crippen LogP contribution in [0.25, 0.3) is 0 Å². The van der Waals surface area contributed by atoms with E-state index in [1.54, 1.807) is 0 Å². The maximum absolute atomic E-state index is 12.0. The number of amides is 1. The zero-order valence-electron chi connectivity index (χ0n) is 14.5. The van der Waals surface area contributed by atoms with E-state index < -0.39 is 0 Å². The summed E-state index contributed by atoms with van der Waals surface area (Å²) in [6.45, 7) is 9.89. The highest BCUT2D eigenvalue weighted by Gasteiger charge is 2.21. The molecule has 0 bridgehead atoms. The van der Waals surface area contributed by atoms with Crippen LogP contribution in [0.4, 0.5) is 0 Å². The molecule has 0 saturated heterocycles. The lowest BCUT2D eigenvalue weighted by Crippen LogP contribution is -2.26. The normalized spacial score (nSPS) is 13.1. The number of hydrogen-bond acceptors (Lipinski definition) is 5. The SMILES string of the molecule is Cc1ccc(C(C)NC(=O)CCCc2nc(C(C)(C)C)no2)o1. The zero-order chi connectivity index (χ0) is 17.0. The second kappa shape index (κ2) is 6.98. The molecule has 0 spiro atoms. The fourth-order valence-corrected chi connectivity index (χ4v) is 2.13. The van der Waals surface area contributed by atoms with Gasteiger partial charge in [0.05, 0.1) is 6.04 Å². The summed E-state index contributed by atoms with van der Waals surface area (Å²) < 4.78 is 10.7. The van der Waals surface area contributed by atoms with Gasteiger partial charge < -0.3 is 14.3 Å². The summed E-state index contributed by atoms with van der Waals surface area (Å²) in [6, 6.07) is 3.64. The third-order valence-corrected chi connectivity index (χ3v) is 3.50. The summed E-state index contributed by atoms with van der Waals surface area (Å²) in [5, 5.41) is 6.90. The summed E-state index contributed by atoms with van der Waals surface area (Å²) in [6.07, 6.45) is 1.68. The van der Waals surface area contributed by atoms with Gasteiger partial charge >= 0.3 is 0 Å². The smallest absolute Gasteiger partial charge is 0.226 e. The van der Waals surface area contributed by atoms with Crippen molar-refractivity contribution < 1.29 is 13.7 Å². The van der Waals surface area contributed by atoms with E-state index in [4.69, 9.17) is 8.94 Å². The molecule has 0 saturated carbocycles. The molecule has 23 heavy (non-hydrogen) atoms. The van der Waals surface area contributed by atoms with Crippen LogP contribution in [0.15, 0.2) is 21.1 Å². The highest BCUT2D eigenvalue weighted by molar-refractivity contribution is 5.76. The predicted octanol–water partition coefficient (Wildman–Crippen LogP) is 3.47. The number of carbonyl (C=O) groups is 1. The molecule has 0 aliphatic heterocycles. The fourth-order valence-electron chi connectivity index (χ4n) is 2.13. The Kier molecular flexibility index (Phi) is 5.23. The summed E-state index contributed by atoms with van der Waals surface area (Å²) in [7, 11) is 0. The van der Waals surface area contributed by atoms with Crippen molar-refractivity contribution in [1.29, 1.82) is 0 Å². The van der Waals surface area contributed by atoms with Gasteiger partial charge in [0.15, 0.2) is 5.82 Å². The van der Waals surface area contributed by atoms with Crippen molar-refractivity contribution in [3.63, 3.8) is 0 Å². The first-order valence-corrected chi connectivity index (χ1v) is 7.94. The Morgan fingerprint density at radius 3 is 2.65 bits per heavy atom. The van der Waals surface area contributed by atoms with E-state index in [9.17, 15) is 4.79 Å². The Hall–Kier alpha value is -2.11. The predicted molar refractivity (Wildman–Crippen MR) is 85.9 cm³/mol. The topological polar surface area (TPSA) is 81.2 Å². The molecular weight excluding hydrogens is 294 g/mol. The molecule has 0 aliphatic rings. The number of carbonyl (C=O) groups excluding carboxylic acids is 1. The lowest BCUT2D eigenvalue weighted by atomic mass is 9.96. The van der Waals surface area contributed by atoms with Gasteiger partial charge in [-0.25, -0.2) is 0 Å². The van der Waals surface area contributed by atoms with Gasteiger partial charge in [-0.3, -0.25) is 4.79 Å². The minimum atomic E-state index is -0.132. The van der Waals surface area contributed by atoms with Crippen molar-refractivity contribution >= 4 is 5.91 Å². The molecule has 6 heteroatoms. The Labute approximate surface area is 136 Å². The molecule has 126 valence electrons. The molecule has 1 atom stereocenters. The monoisotopic (exact) mass is 319 g/mol. The summed E-state index contributed by atoms with van der Waals surface area (Å²) >= 11 is 0. The Balaban J connectivity index is 1.75. The van der Waals surface area contributed by atoms with E-state index in [0.29, 0.717) is 31.0 Å². The van der Waals surface area contributed by atoms with Gasteiger partial charge in [0.1, 0.15) is 11.5 Å². The van der Waals surface area contributed by atoms with Crippen molar-refractivity contribution in [2.24, 2.45) is 0 Å². The van der Waals surface area contributed by atoms with Crippen molar-refractivity contribution in [2.45, 2.75) is 65.3 Å². The van der Waals surface area contributed by atoms with Crippen LogP contribution in [0, 0.1) is 6.92 Å². The van der Waals surface area contributed by atoms with Crippen LogP contribution >= 0.6 is 0 Å². The van der Waals surface area contributed by atoms with Gasteiger partial charge in [-0.2, -0.15) is 4.98 Å². The molecule has 1 amide bonds. The number of nitrogens with one attached hydrogen (secondary N) is 1. The highest BCUT2D eigenvalue weighted by atomic mass is 16.5. The van der Waals surface area contributed by atoms with Gasteiger partial charge in [-0.15, -0.1) is 0 Å². The molecule has 1 unspecified atom stereocenters. The third-order valence-electron chi connectivity index (χ3n) is 3.50. The Bertz CT molecular complexity index is 652. The zero-order valence-corrected chi connectivity index (χ0v) is 14.5. The number of aryl methyl sites for hydroxylation is 2. The number of aromatic nitrogens is 2. The summed E-state index contributed by atoms with van der Waals surface area (Å²) in [4.78, 5) is 16.3. The maximum atomic E-state index is 12.0. The van der Waals surface area contributed by atoms with Crippen LogP contribution in [0.1, 0.15) is 69.8 Å². The van der Waals surface area contributed by atoms with Crippen molar-refractivity contribution in [3.05, 3.63) is 35.4 Å². The van der Waals surface area contributed by atoms with E-state index >= 15 is 0 Å². The molecule has 0 radical (unpaired) electrons. The van der Waals surface area contributed by atoms with Crippen LogP contribution in [0.5, 0.6) is 0 Å². The van der Waals surface area contributed by atoms with E-state index in [2.05, 4.69) is 15.5 Å². The highest BCUT2D eigenvalue weighted by Crippen LogP contribution is 2.19. The van der Waals surface area contributed by atoms with Crippen LogP contribution in [-0.2, 0) is 16.6 Å². The van der Waals surface area contributed by atoms with Crippen molar-refractivity contribution in [3.8, 4) is 0 Å². The summed E-state index contributed by atoms with van der Waals surface area (Å²) in [5.74, 6) is 2.87. The minimum absolute atomic E-state index is 0.0119. The second-order valence-electron chi connectivity index (χ2n) is 6.85. The molecular formula is C17H25N3O3. The van der Waals surface area contributed by atoms with E-state index in [1.165, 1.54) is 0 Å². The number of rotatable bonds is 6. The first-order chi connectivity index (χ1) is 10.8. The standard InChI is InChI=1S/C17H25N3O3/c1-11-9-10-13(22-11)12(2)18-14(21)7-6-8-15-19-16(20-23-15)17(3,4)5/h9-10,12H,6-8H2,1-5H3,(H,18,21). The number of hydrogen-bond donors (Lipinski definition) is 1. The molecule has 2 rings (SSSR count).